The molecule has 3 rings (SSSR count). The average molecular weight is 256 g/mol. The molecule has 98 valence electrons. The lowest BCUT2D eigenvalue weighted by atomic mass is 9.62. The van der Waals surface area contributed by atoms with Crippen molar-refractivity contribution >= 4 is 5.78 Å². The molecule has 3 atom stereocenters. The number of ketones is 1. The highest BCUT2D eigenvalue weighted by atomic mass is 16.5. The zero-order valence-electron chi connectivity index (χ0n) is 11.1. The van der Waals surface area contributed by atoms with Gasteiger partial charge in [0, 0.05) is 24.8 Å². The monoisotopic (exact) mass is 256 g/mol. The summed E-state index contributed by atoms with van der Waals surface area (Å²) in [4.78, 5) is 20.7. The predicted octanol–water partition coefficient (Wildman–Crippen LogP) is 2.38. The third kappa shape index (κ3) is 1.58. The van der Waals surface area contributed by atoms with Crippen LogP contribution < -0.4 is 4.74 Å². The van der Waals surface area contributed by atoms with Gasteiger partial charge in [-0.3, -0.25) is 9.64 Å². The van der Waals surface area contributed by atoms with Gasteiger partial charge >= 0.3 is 5.54 Å². The summed E-state index contributed by atoms with van der Waals surface area (Å²) in [6.07, 6.45) is 2.13. The first-order chi connectivity index (χ1) is 9.10. The maximum atomic E-state index is 12.6. The van der Waals surface area contributed by atoms with Crippen molar-refractivity contribution in [3.8, 4) is 5.88 Å². The number of ether oxygens (including phenoxy) is 1. The highest BCUT2D eigenvalue weighted by Gasteiger charge is 2.58. The normalized spacial score (nSPS) is 32.4. The van der Waals surface area contributed by atoms with Crippen LogP contribution in [0.1, 0.15) is 31.0 Å². The number of Topliss-reactive ketones (excluding diaryl/α,β-unsaturated/α-hetero) is 1. The number of pyridine rings is 1. The topological polar surface area (TPSA) is 43.5 Å². The van der Waals surface area contributed by atoms with Crippen LogP contribution in [0.4, 0.5) is 0 Å². The summed E-state index contributed by atoms with van der Waals surface area (Å²) in [7, 11) is 1.58. The minimum atomic E-state index is -0.991. The largest absolute Gasteiger partial charge is 0.481 e. The molecule has 19 heavy (non-hydrogen) atoms. The number of rotatable bonds is 1. The van der Waals surface area contributed by atoms with Gasteiger partial charge in [0.25, 0.3) is 0 Å². The minimum Gasteiger partial charge on any atom is -0.481 e. The minimum absolute atomic E-state index is 0.0510. The van der Waals surface area contributed by atoms with Crippen LogP contribution in [0.2, 0.25) is 0 Å². The van der Waals surface area contributed by atoms with Crippen molar-refractivity contribution in [1.29, 1.82) is 0 Å². The fourth-order valence-corrected chi connectivity index (χ4v) is 3.56. The molecule has 0 saturated heterocycles. The van der Waals surface area contributed by atoms with Gasteiger partial charge in [0.05, 0.1) is 18.4 Å². The number of carbonyl (C=O) groups is 1. The third-order valence-electron chi connectivity index (χ3n) is 4.34. The molecule has 1 saturated carbocycles. The van der Waals surface area contributed by atoms with E-state index in [0.717, 1.165) is 17.7 Å². The Morgan fingerprint density at radius 1 is 1.53 bits per heavy atom. The van der Waals surface area contributed by atoms with Gasteiger partial charge in [-0.25, -0.2) is 11.6 Å². The third-order valence-corrected chi connectivity index (χ3v) is 4.34. The van der Waals surface area contributed by atoms with E-state index in [1.807, 2.05) is 6.07 Å². The molecule has 1 aromatic heterocycles. The van der Waals surface area contributed by atoms with Crippen molar-refractivity contribution in [2.45, 2.75) is 31.7 Å². The second-order valence-corrected chi connectivity index (χ2v) is 5.63. The Labute approximate surface area is 112 Å². The van der Waals surface area contributed by atoms with E-state index >= 15 is 0 Å². The van der Waals surface area contributed by atoms with Crippen molar-refractivity contribution in [3.05, 3.63) is 34.8 Å². The molecule has 2 bridgehead atoms. The number of hydrogen-bond acceptors (Lipinski definition) is 3. The molecule has 1 unspecified atom stereocenters. The quantitative estimate of drug-likeness (QED) is 0.724. The summed E-state index contributed by atoms with van der Waals surface area (Å²) >= 11 is 0. The highest BCUT2D eigenvalue weighted by Crippen LogP contribution is 2.48. The molecule has 0 N–H and O–H groups in total. The average Bonchev–Trinajstić information content (AvgIpc) is 2.41. The fraction of sp³-hybridized carbons (Fsp3) is 0.533. The molecule has 4 heteroatoms. The fourth-order valence-electron chi connectivity index (χ4n) is 3.56. The van der Waals surface area contributed by atoms with Crippen LogP contribution in [0.25, 0.3) is 4.85 Å². The molecule has 2 aliphatic rings. The van der Waals surface area contributed by atoms with E-state index in [1.165, 1.54) is 0 Å². The van der Waals surface area contributed by atoms with E-state index in [9.17, 15) is 4.79 Å². The van der Waals surface area contributed by atoms with Crippen molar-refractivity contribution < 1.29 is 9.53 Å². The first kappa shape index (κ1) is 12.2. The number of methoxy groups -OCH3 is 1. The Morgan fingerprint density at radius 3 is 3.00 bits per heavy atom. The van der Waals surface area contributed by atoms with Crippen LogP contribution in [0.5, 0.6) is 5.88 Å². The lowest BCUT2D eigenvalue weighted by molar-refractivity contribution is -0.131. The number of carbonyl (C=O) groups excluding carboxylic acids is 1. The molecule has 4 nitrogen and oxygen atoms in total. The van der Waals surface area contributed by atoms with Crippen molar-refractivity contribution in [3.63, 3.8) is 0 Å². The summed E-state index contributed by atoms with van der Waals surface area (Å²) < 4.78 is 5.14. The number of hydrogen-bond donors (Lipinski definition) is 0. The van der Waals surface area contributed by atoms with Crippen LogP contribution >= 0.6 is 0 Å². The van der Waals surface area contributed by atoms with Crippen LogP contribution in [0, 0.1) is 18.4 Å². The Balaban J connectivity index is 2.20. The standard InChI is InChI=1S/C15H16N2O2/c1-9-6-10-7-12-11(4-5-13(17-12)19-3)15(8-9,16-2)14(10)18/h4-5,9-10H,6-8H2,1,3H3/t9-,10+,15?/m0/s1. The smallest absolute Gasteiger partial charge is 0.316 e. The van der Waals surface area contributed by atoms with Crippen molar-refractivity contribution in [2.75, 3.05) is 7.11 Å². The van der Waals surface area contributed by atoms with Gasteiger partial charge in [0.15, 0.2) is 0 Å². The van der Waals surface area contributed by atoms with E-state index in [0.29, 0.717) is 24.6 Å². The van der Waals surface area contributed by atoms with Gasteiger partial charge < -0.3 is 4.74 Å². The van der Waals surface area contributed by atoms with Crippen LogP contribution in [-0.4, -0.2) is 17.9 Å². The zero-order valence-corrected chi connectivity index (χ0v) is 11.1. The van der Waals surface area contributed by atoms with E-state index in [2.05, 4.69) is 16.8 Å². The lowest BCUT2D eigenvalue weighted by Crippen LogP contribution is -2.48. The molecule has 0 aromatic carbocycles. The zero-order chi connectivity index (χ0) is 13.6. The summed E-state index contributed by atoms with van der Waals surface area (Å²) in [5.41, 5.74) is 0.679. The van der Waals surface area contributed by atoms with Gasteiger partial charge in [-0.2, -0.15) is 0 Å². The summed E-state index contributed by atoms with van der Waals surface area (Å²) in [5, 5.41) is 0. The molecule has 0 amide bonds. The first-order valence-corrected chi connectivity index (χ1v) is 6.58. The molecular formula is C15H16N2O2. The van der Waals surface area contributed by atoms with E-state index in [4.69, 9.17) is 11.3 Å². The number of nitrogens with zero attached hydrogens (tertiary/aromatic N) is 2. The summed E-state index contributed by atoms with van der Waals surface area (Å²) in [6, 6.07) is 3.60. The summed E-state index contributed by atoms with van der Waals surface area (Å²) in [5.74, 6) is 1.01. The SMILES string of the molecule is [C-]#[N+]C12C[C@@H](C)C[C@H](Cc3nc(OC)ccc31)C2=O. The van der Waals surface area contributed by atoms with Crippen molar-refractivity contribution in [1.82, 2.24) is 4.98 Å². The molecule has 1 aromatic rings. The van der Waals surface area contributed by atoms with Crippen LogP contribution in [-0.2, 0) is 16.8 Å². The van der Waals surface area contributed by atoms with E-state index < -0.39 is 5.54 Å². The molecule has 2 aliphatic carbocycles. The first-order valence-electron chi connectivity index (χ1n) is 6.58. The van der Waals surface area contributed by atoms with Gasteiger partial charge in [0.1, 0.15) is 0 Å². The van der Waals surface area contributed by atoms with Crippen molar-refractivity contribution in [2.24, 2.45) is 11.8 Å². The van der Waals surface area contributed by atoms with Crippen LogP contribution in [0.15, 0.2) is 12.1 Å². The van der Waals surface area contributed by atoms with Gasteiger partial charge in [0.2, 0.25) is 11.7 Å². The lowest BCUT2D eigenvalue weighted by Gasteiger charge is -2.38. The Bertz CT molecular complexity index is 590. The van der Waals surface area contributed by atoms with Gasteiger partial charge in [-0.05, 0) is 18.4 Å². The van der Waals surface area contributed by atoms with E-state index in [1.54, 1.807) is 13.2 Å². The Morgan fingerprint density at radius 2 is 2.32 bits per heavy atom. The predicted molar refractivity (Wildman–Crippen MR) is 69.7 cm³/mol. The maximum absolute atomic E-state index is 12.6. The van der Waals surface area contributed by atoms with Gasteiger partial charge in [-0.15, -0.1) is 0 Å². The second kappa shape index (κ2) is 4.06. The molecular weight excluding hydrogens is 240 g/mol. The maximum Gasteiger partial charge on any atom is 0.316 e. The highest BCUT2D eigenvalue weighted by molar-refractivity contribution is 5.96. The second-order valence-electron chi connectivity index (χ2n) is 5.63. The molecule has 1 fully saturated rings. The molecule has 1 heterocycles. The number of aromatic nitrogens is 1. The Kier molecular flexibility index (Phi) is 2.60. The number of fused-ring (bicyclic) bond motifs is 4. The van der Waals surface area contributed by atoms with Gasteiger partial charge in [-0.1, -0.05) is 6.92 Å². The van der Waals surface area contributed by atoms with Crippen LogP contribution in [0.3, 0.4) is 0 Å². The Hall–Kier alpha value is -1.89. The molecule has 0 radical (unpaired) electrons. The molecule has 0 spiro atoms. The summed E-state index contributed by atoms with van der Waals surface area (Å²) in [6.45, 7) is 9.69. The van der Waals surface area contributed by atoms with E-state index in [-0.39, 0.29) is 11.7 Å². The molecule has 0 aliphatic heterocycles.